The third-order valence-corrected chi connectivity index (χ3v) is 2.49. The summed E-state index contributed by atoms with van der Waals surface area (Å²) in [5, 5.41) is 3.09. The van der Waals surface area contributed by atoms with Gasteiger partial charge in [0.25, 0.3) is 0 Å². The first-order valence-corrected chi connectivity index (χ1v) is 5.64. The van der Waals surface area contributed by atoms with Crippen molar-refractivity contribution in [3.05, 3.63) is 40.9 Å². The Morgan fingerprint density at radius 2 is 1.81 bits per heavy atom. The quantitative estimate of drug-likeness (QED) is 0.767. The Kier molecular flexibility index (Phi) is 2.68. The van der Waals surface area contributed by atoms with Crippen molar-refractivity contribution in [3.63, 3.8) is 0 Å². The van der Waals surface area contributed by atoms with E-state index < -0.39 is 0 Å². The van der Waals surface area contributed by atoms with Gasteiger partial charge in [-0.15, -0.1) is 0 Å². The molecular formula is C12H15N3S. The van der Waals surface area contributed by atoms with Crippen molar-refractivity contribution in [2.45, 2.75) is 26.2 Å². The van der Waals surface area contributed by atoms with Gasteiger partial charge in [-0.05, 0) is 24.4 Å². The zero-order chi connectivity index (χ0) is 11.8. The van der Waals surface area contributed by atoms with E-state index in [1.807, 2.05) is 35.0 Å². The summed E-state index contributed by atoms with van der Waals surface area (Å²) >= 11 is 5.10. The summed E-state index contributed by atoms with van der Waals surface area (Å²) in [5.74, 6) is 0.948. The van der Waals surface area contributed by atoms with E-state index in [4.69, 9.17) is 12.2 Å². The average Bonchev–Trinajstić information content (AvgIpc) is 2.61. The molecule has 2 rings (SSSR count). The highest BCUT2D eigenvalue weighted by Gasteiger charge is 2.21. The standard InChI is InChI=1S/C12H15N3S/c1-12(2,3)10-13-11(16)14-15(10)9-7-5-4-6-8-9/h4-8H,1-3H3,(H,14,16). The summed E-state index contributed by atoms with van der Waals surface area (Å²) in [5.41, 5.74) is 1.01. The molecule has 16 heavy (non-hydrogen) atoms. The fourth-order valence-corrected chi connectivity index (χ4v) is 1.76. The van der Waals surface area contributed by atoms with Crippen LogP contribution in [-0.2, 0) is 5.41 Å². The van der Waals surface area contributed by atoms with E-state index in [1.54, 1.807) is 0 Å². The predicted octanol–water partition coefficient (Wildman–Crippen LogP) is 3.23. The summed E-state index contributed by atoms with van der Waals surface area (Å²) in [4.78, 5) is 4.38. The monoisotopic (exact) mass is 233 g/mol. The van der Waals surface area contributed by atoms with Crippen LogP contribution in [0.25, 0.3) is 5.69 Å². The molecule has 84 valence electrons. The smallest absolute Gasteiger partial charge is 0.213 e. The Morgan fingerprint density at radius 1 is 1.19 bits per heavy atom. The third-order valence-electron chi connectivity index (χ3n) is 2.31. The molecule has 2 aromatic rings. The SMILES string of the molecule is CC(C)(C)c1nc(=S)[nH]n1-c1ccccc1. The van der Waals surface area contributed by atoms with E-state index in [0.29, 0.717) is 4.77 Å². The van der Waals surface area contributed by atoms with Crippen LogP contribution >= 0.6 is 12.2 Å². The number of rotatable bonds is 1. The Labute approximate surface area is 100 Å². The minimum absolute atomic E-state index is 0.0383. The minimum Gasteiger partial charge on any atom is -0.266 e. The number of nitrogens with one attached hydrogen (secondary N) is 1. The van der Waals surface area contributed by atoms with Crippen molar-refractivity contribution in [1.29, 1.82) is 0 Å². The maximum absolute atomic E-state index is 5.10. The lowest BCUT2D eigenvalue weighted by atomic mass is 9.95. The molecule has 0 bridgehead atoms. The Bertz CT molecular complexity index is 531. The number of nitrogens with zero attached hydrogens (tertiary/aromatic N) is 2. The maximum atomic E-state index is 5.10. The van der Waals surface area contributed by atoms with E-state index in [-0.39, 0.29) is 5.41 Å². The Hall–Kier alpha value is -1.42. The van der Waals surface area contributed by atoms with E-state index in [1.165, 1.54) is 0 Å². The largest absolute Gasteiger partial charge is 0.266 e. The highest BCUT2D eigenvalue weighted by atomic mass is 32.1. The highest BCUT2D eigenvalue weighted by Crippen LogP contribution is 2.22. The lowest BCUT2D eigenvalue weighted by Crippen LogP contribution is -2.18. The fraction of sp³-hybridized carbons (Fsp3) is 0.333. The van der Waals surface area contributed by atoms with Gasteiger partial charge in [-0.1, -0.05) is 39.0 Å². The van der Waals surface area contributed by atoms with E-state index in [0.717, 1.165) is 11.5 Å². The van der Waals surface area contributed by atoms with Gasteiger partial charge >= 0.3 is 0 Å². The molecule has 1 aromatic carbocycles. The Morgan fingerprint density at radius 3 is 2.38 bits per heavy atom. The zero-order valence-electron chi connectivity index (χ0n) is 9.69. The third kappa shape index (κ3) is 2.07. The number of hydrogen-bond acceptors (Lipinski definition) is 2. The number of aromatic nitrogens is 3. The first kappa shape index (κ1) is 11.1. The molecule has 0 atom stereocenters. The molecule has 1 heterocycles. The lowest BCUT2D eigenvalue weighted by Gasteiger charge is -2.18. The van der Waals surface area contributed by atoms with Gasteiger partial charge in [-0.3, -0.25) is 5.10 Å². The predicted molar refractivity (Wildman–Crippen MR) is 67.4 cm³/mol. The first-order chi connectivity index (χ1) is 7.48. The lowest BCUT2D eigenvalue weighted by molar-refractivity contribution is 0.526. The van der Waals surface area contributed by atoms with E-state index in [9.17, 15) is 0 Å². The van der Waals surface area contributed by atoms with Crippen LogP contribution in [0.15, 0.2) is 30.3 Å². The van der Waals surface area contributed by atoms with Gasteiger partial charge in [0.15, 0.2) is 0 Å². The summed E-state index contributed by atoms with van der Waals surface area (Å²) < 4.78 is 2.47. The van der Waals surface area contributed by atoms with Crippen LogP contribution < -0.4 is 0 Å². The molecule has 1 N–H and O–H groups in total. The number of hydrogen-bond donors (Lipinski definition) is 1. The van der Waals surface area contributed by atoms with Crippen LogP contribution in [0, 0.1) is 4.77 Å². The van der Waals surface area contributed by atoms with Crippen molar-refractivity contribution in [2.75, 3.05) is 0 Å². The van der Waals surface area contributed by atoms with Gasteiger partial charge in [-0.25, -0.2) is 9.67 Å². The first-order valence-electron chi connectivity index (χ1n) is 5.23. The fourth-order valence-electron chi connectivity index (χ4n) is 1.59. The summed E-state index contributed by atoms with van der Waals surface area (Å²) in [6.45, 7) is 6.37. The van der Waals surface area contributed by atoms with Crippen LogP contribution in [0.1, 0.15) is 26.6 Å². The number of benzene rings is 1. The van der Waals surface area contributed by atoms with Crippen LogP contribution in [-0.4, -0.2) is 14.8 Å². The molecule has 1 aromatic heterocycles. The number of aromatic amines is 1. The molecule has 0 unspecified atom stereocenters. The molecule has 4 heteroatoms. The van der Waals surface area contributed by atoms with Gasteiger partial charge < -0.3 is 0 Å². The molecular weight excluding hydrogens is 218 g/mol. The molecule has 0 aliphatic carbocycles. The second kappa shape index (κ2) is 3.87. The normalized spacial score (nSPS) is 11.7. The van der Waals surface area contributed by atoms with Crippen molar-refractivity contribution in [3.8, 4) is 5.69 Å². The van der Waals surface area contributed by atoms with Crippen molar-refractivity contribution in [1.82, 2.24) is 14.8 Å². The molecule has 0 aliphatic heterocycles. The number of para-hydroxylation sites is 1. The average molecular weight is 233 g/mol. The molecule has 3 nitrogen and oxygen atoms in total. The number of H-pyrrole nitrogens is 1. The van der Waals surface area contributed by atoms with Crippen molar-refractivity contribution >= 4 is 12.2 Å². The topological polar surface area (TPSA) is 33.6 Å². The second-order valence-corrected chi connectivity index (χ2v) is 5.16. The molecule has 0 saturated carbocycles. The van der Waals surface area contributed by atoms with E-state index >= 15 is 0 Å². The maximum Gasteiger partial charge on any atom is 0.213 e. The van der Waals surface area contributed by atoms with Gasteiger partial charge in [0.2, 0.25) is 4.77 Å². The molecule has 0 fully saturated rings. The van der Waals surface area contributed by atoms with Gasteiger partial charge in [0.1, 0.15) is 5.82 Å². The van der Waals surface area contributed by atoms with Crippen molar-refractivity contribution < 1.29 is 0 Å². The highest BCUT2D eigenvalue weighted by molar-refractivity contribution is 7.71. The molecule has 0 radical (unpaired) electrons. The van der Waals surface area contributed by atoms with Crippen LogP contribution in [0.2, 0.25) is 0 Å². The van der Waals surface area contributed by atoms with Gasteiger partial charge in [-0.2, -0.15) is 0 Å². The summed E-state index contributed by atoms with van der Waals surface area (Å²) in [6, 6.07) is 10.0. The molecule has 0 aliphatic rings. The minimum atomic E-state index is -0.0383. The molecule has 0 amide bonds. The molecule has 0 spiro atoms. The van der Waals surface area contributed by atoms with Crippen LogP contribution in [0.5, 0.6) is 0 Å². The van der Waals surface area contributed by atoms with E-state index in [2.05, 4.69) is 30.9 Å². The summed E-state index contributed by atoms with van der Waals surface area (Å²) in [6.07, 6.45) is 0. The summed E-state index contributed by atoms with van der Waals surface area (Å²) in [7, 11) is 0. The Balaban J connectivity index is 2.62. The van der Waals surface area contributed by atoms with Gasteiger partial charge in [0.05, 0.1) is 5.69 Å². The zero-order valence-corrected chi connectivity index (χ0v) is 10.5. The van der Waals surface area contributed by atoms with Crippen molar-refractivity contribution in [2.24, 2.45) is 0 Å². The van der Waals surface area contributed by atoms with Crippen LogP contribution in [0.4, 0.5) is 0 Å². The second-order valence-electron chi connectivity index (χ2n) is 4.77. The van der Waals surface area contributed by atoms with Crippen LogP contribution in [0.3, 0.4) is 0 Å². The van der Waals surface area contributed by atoms with Gasteiger partial charge in [0, 0.05) is 5.41 Å². The molecule has 0 saturated heterocycles.